The summed E-state index contributed by atoms with van der Waals surface area (Å²) in [5.41, 5.74) is 6.92. The number of hydrogen-bond acceptors (Lipinski definition) is 4. The highest BCUT2D eigenvalue weighted by Gasteiger charge is 2.15. The molecule has 0 fully saturated rings. The van der Waals surface area contributed by atoms with Gasteiger partial charge in [-0.05, 0) is 24.1 Å². The number of benzene rings is 2. The molecule has 0 bridgehead atoms. The number of nitrogens with zero attached hydrogens (tertiary/aromatic N) is 2. The monoisotopic (exact) mass is 323 g/mol. The summed E-state index contributed by atoms with van der Waals surface area (Å²) < 4.78 is 0. The fourth-order valence-corrected chi connectivity index (χ4v) is 2.98. The lowest BCUT2D eigenvalue weighted by molar-refractivity contribution is -0.118. The maximum atomic E-state index is 11.8. The number of aryl methyl sites for hydroxylation is 1. The summed E-state index contributed by atoms with van der Waals surface area (Å²) in [7, 11) is 0. The van der Waals surface area contributed by atoms with Crippen LogP contribution in [0.25, 0.3) is 0 Å². The zero-order chi connectivity index (χ0) is 16.1. The van der Waals surface area contributed by atoms with Crippen LogP contribution in [-0.4, -0.2) is 22.9 Å². The van der Waals surface area contributed by atoms with Gasteiger partial charge in [0.1, 0.15) is 0 Å². The number of carbonyl (C=O) groups is 1. The molecule has 4 nitrogen and oxygen atoms in total. The van der Waals surface area contributed by atoms with E-state index >= 15 is 0 Å². The number of para-hydroxylation sites is 1. The maximum absolute atomic E-state index is 11.8. The zero-order valence-corrected chi connectivity index (χ0v) is 13.6. The third-order valence-electron chi connectivity index (χ3n) is 3.43. The molecule has 0 radical (unpaired) electrons. The van der Waals surface area contributed by atoms with Crippen molar-refractivity contribution in [3.63, 3.8) is 0 Å². The number of hydrogen-bond donors (Lipinski definition) is 1. The summed E-state index contributed by atoms with van der Waals surface area (Å²) in [5, 5.41) is 4.95. The Morgan fingerprint density at radius 2 is 2.04 bits per heavy atom. The highest BCUT2D eigenvalue weighted by molar-refractivity contribution is 8.14. The van der Waals surface area contributed by atoms with E-state index < -0.39 is 0 Å². The Morgan fingerprint density at radius 3 is 2.83 bits per heavy atom. The van der Waals surface area contributed by atoms with Gasteiger partial charge in [-0.2, -0.15) is 5.10 Å². The van der Waals surface area contributed by atoms with Crippen LogP contribution in [0.4, 0.5) is 5.69 Å². The van der Waals surface area contributed by atoms with E-state index in [2.05, 4.69) is 21.6 Å². The fraction of sp³-hybridized carbons (Fsp3) is 0.167. The molecular weight excluding hydrogens is 306 g/mol. The first-order valence-corrected chi connectivity index (χ1v) is 8.36. The van der Waals surface area contributed by atoms with Gasteiger partial charge in [-0.15, -0.1) is 11.8 Å². The number of thioether (sulfide) groups is 1. The van der Waals surface area contributed by atoms with Crippen molar-refractivity contribution >= 4 is 34.6 Å². The van der Waals surface area contributed by atoms with Crippen LogP contribution >= 0.6 is 11.8 Å². The van der Waals surface area contributed by atoms with Crippen molar-refractivity contribution in [2.45, 2.75) is 13.3 Å². The van der Waals surface area contributed by atoms with Crippen LogP contribution in [-0.2, 0) is 11.2 Å². The van der Waals surface area contributed by atoms with Gasteiger partial charge in [0.15, 0.2) is 0 Å². The largest absolute Gasteiger partial charge is 0.272 e. The molecule has 0 aromatic heterocycles. The highest BCUT2D eigenvalue weighted by atomic mass is 32.2. The molecule has 0 saturated heterocycles. The van der Waals surface area contributed by atoms with Crippen LogP contribution in [0.1, 0.15) is 16.7 Å². The van der Waals surface area contributed by atoms with Gasteiger partial charge in [0.05, 0.1) is 22.7 Å². The maximum Gasteiger partial charge on any atom is 0.250 e. The van der Waals surface area contributed by atoms with E-state index in [1.165, 1.54) is 22.9 Å². The molecule has 23 heavy (non-hydrogen) atoms. The Balaban J connectivity index is 1.45. The van der Waals surface area contributed by atoms with Gasteiger partial charge in [-0.3, -0.25) is 4.79 Å². The first kappa shape index (κ1) is 15.5. The van der Waals surface area contributed by atoms with Crippen LogP contribution in [0.5, 0.6) is 0 Å². The predicted octanol–water partition coefficient (Wildman–Crippen LogP) is 3.46. The van der Waals surface area contributed by atoms with Crippen molar-refractivity contribution in [2.75, 3.05) is 5.75 Å². The first-order chi connectivity index (χ1) is 11.2. The van der Waals surface area contributed by atoms with Gasteiger partial charge >= 0.3 is 0 Å². The Bertz CT molecular complexity index is 766. The Morgan fingerprint density at radius 1 is 1.26 bits per heavy atom. The molecule has 5 heteroatoms. The van der Waals surface area contributed by atoms with Gasteiger partial charge in [0.2, 0.25) is 5.91 Å². The first-order valence-electron chi connectivity index (χ1n) is 7.37. The predicted molar refractivity (Wildman–Crippen MR) is 96.6 cm³/mol. The molecule has 0 aliphatic carbocycles. The minimum absolute atomic E-state index is 0.128. The van der Waals surface area contributed by atoms with Crippen LogP contribution in [0.3, 0.4) is 0 Å². The van der Waals surface area contributed by atoms with E-state index in [-0.39, 0.29) is 5.91 Å². The zero-order valence-electron chi connectivity index (χ0n) is 12.8. The highest BCUT2D eigenvalue weighted by Crippen LogP contribution is 2.29. The number of fused-ring (bicyclic) bond motifs is 1. The SMILES string of the molecule is Cc1ccc(/C=N/NC(=O)CSC2=Nc3ccccc3C2)cc1. The minimum atomic E-state index is -0.128. The number of carbonyl (C=O) groups excluding carboxylic acids is 1. The van der Waals surface area contributed by atoms with Crippen LogP contribution < -0.4 is 5.43 Å². The summed E-state index contributed by atoms with van der Waals surface area (Å²) in [6.07, 6.45) is 2.45. The second-order valence-electron chi connectivity index (χ2n) is 5.30. The van der Waals surface area contributed by atoms with Crippen molar-refractivity contribution in [2.24, 2.45) is 10.1 Å². The molecule has 0 unspecified atom stereocenters. The van der Waals surface area contributed by atoms with E-state index in [4.69, 9.17) is 0 Å². The Labute approximate surface area is 139 Å². The lowest BCUT2D eigenvalue weighted by Crippen LogP contribution is -2.20. The quantitative estimate of drug-likeness (QED) is 0.692. The summed E-state index contributed by atoms with van der Waals surface area (Å²) in [5.74, 6) is 0.190. The van der Waals surface area contributed by atoms with Crippen molar-refractivity contribution < 1.29 is 4.79 Å². The van der Waals surface area contributed by atoms with Gasteiger partial charge in [0.25, 0.3) is 0 Å². The van der Waals surface area contributed by atoms with Crippen LogP contribution in [0, 0.1) is 6.92 Å². The molecule has 3 rings (SSSR count). The van der Waals surface area contributed by atoms with E-state index in [1.54, 1.807) is 6.21 Å². The second-order valence-corrected chi connectivity index (χ2v) is 6.35. The van der Waals surface area contributed by atoms with Crippen molar-refractivity contribution in [1.82, 2.24) is 5.43 Å². The lowest BCUT2D eigenvalue weighted by Gasteiger charge is -2.00. The molecule has 1 amide bonds. The summed E-state index contributed by atoms with van der Waals surface area (Å²) in [6, 6.07) is 16.0. The van der Waals surface area contributed by atoms with Crippen LogP contribution in [0.15, 0.2) is 58.6 Å². The molecule has 2 aromatic carbocycles. The molecule has 0 saturated carbocycles. The van der Waals surface area contributed by atoms with E-state index in [0.717, 1.165) is 22.7 Å². The topological polar surface area (TPSA) is 53.8 Å². The van der Waals surface area contributed by atoms with Gasteiger partial charge in [-0.1, -0.05) is 48.0 Å². The minimum Gasteiger partial charge on any atom is -0.272 e. The number of rotatable bonds is 4. The molecule has 2 aromatic rings. The molecule has 1 aliphatic heterocycles. The number of hydrazone groups is 1. The average molecular weight is 323 g/mol. The van der Waals surface area contributed by atoms with Crippen LogP contribution in [0.2, 0.25) is 0 Å². The molecule has 116 valence electrons. The molecule has 0 atom stereocenters. The van der Waals surface area contributed by atoms with Crippen molar-refractivity contribution in [1.29, 1.82) is 0 Å². The Kier molecular flexibility index (Phi) is 4.88. The summed E-state index contributed by atoms with van der Waals surface area (Å²) in [4.78, 5) is 16.3. The third-order valence-corrected chi connectivity index (χ3v) is 4.40. The van der Waals surface area contributed by atoms with Gasteiger partial charge in [0, 0.05) is 6.42 Å². The normalized spacial score (nSPS) is 13.0. The Hall–Kier alpha value is -2.40. The van der Waals surface area contributed by atoms with Gasteiger partial charge in [-0.25, -0.2) is 10.4 Å². The van der Waals surface area contributed by atoms with E-state index in [9.17, 15) is 4.79 Å². The van der Waals surface area contributed by atoms with E-state index in [0.29, 0.717) is 5.75 Å². The average Bonchev–Trinajstić information content (AvgIpc) is 2.98. The molecule has 1 heterocycles. The second kappa shape index (κ2) is 7.24. The lowest BCUT2D eigenvalue weighted by atomic mass is 10.2. The van der Waals surface area contributed by atoms with E-state index in [1.807, 2.05) is 49.4 Å². The fourth-order valence-electron chi connectivity index (χ4n) is 2.20. The standard InChI is InChI=1S/C18H17N3OS/c1-13-6-8-14(9-7-13)11-19-21-17(22)12-23-18-10-15-4-2-3-5-16(15)20-18/h2-9,11H,10,12H2,1H3,(H,21,22)/b19-11+. The van der Waals surface area contributed by atoms with Crippen molar-refractivity contribution in [3.05, 3.63) is 65.2 Å². The molecule has 1 N–H and O–H groups in total. The summed E-state index contributed by atoms with van der Waals surface area (Å²) >= 11 is 1.46. The van der Waals surface area contributed by atoms with Gasteiger partial charge < -0.3 is 0 Å². The number of aliphatic imine (C=N–C) groups is 1. The number of amides is 1. The smallest absolute Gasteiger partial charge is 0.250 e. The van der Waals surface area contributed by atoms with Crippen molar-refractivity contribution in [3.8, 4) is 0 Å². The summed E-state index contributed by atoms with van der Waals surface area (Å²) in [6.45, 7) is 2.03. The third kappa shape index (κ3) is 4.29. The molecule has 1 aliphatic rings. The molecule has 0 spiro atoms. The number of nitrogens with one attached hydrogen (secondary N) is 1. The molecular formula is C18H17N3OS.